The van der Waals surface area contributed by atoms with Gasteiger partial charge in [0.15, 0.2) is 6.04 Å². The first-order valence-electron chi connectivity index (χ1n) is 8.43. The van der Waals surface area contributed by atoms with Crippen molar-refractivity contribution in [2.45, 2.75) is 6.04 Å². The Kier molecular flexibility index (Phi) is 4.71. The van der Waals surface area contributed by atoms with Gasteiger partial charge >= 0.3 is 0 Å². The fraction of sp³-hybridized carbons (Fsp3) is 0.0476. The van der Waals surface area contributed by atoms with Gasteiger partial charge < -0.3 is 5.32 Å². The molecule has 0 saturated carbocycles. The van der Waals surface area contributed by atoms with Gasteiger partial charge in [-0.05, 0) is 42.5 Å². The molecule has 1 atom stereocenters. The zero-order chi connectivity index (χ0) is 19.7. The molecule has 0 bridgehead atoms. The van der Waals surface area contributed by atoms with Crippen LogP contribution in [0.3, 0.4) is 0 Å². The van der Waals surface area contributed by atoms with E-state index in [4.69, 9.17) is 11.6 Å². The SMILES string of the molecule is O=C(Nc1cc(Cl)ccc1C1N=c2ccccc2=NC1=O)c1cccc(F)c1. The van der Waals surface area contributed by atoms with E-state index in [2.05, 4.69) is 15.3 Å². The number of carbonyl (C=O) groups excluding carboxylic acids is 2. The number of nitrogens with zero attached hydrogens (tertiary/aromatic N) is 2. The van der Waals surface area contributed by atoms with Crippen LogP contribution in [-0.4, -0.2) is 11.8 Å². The van der Waals surface area contributed by atoms with Crippen LogP contribution in [0.4, 0.5) is 10.1 Å². The summed E-state index contributed by atoms with van der Waals surface area (Å²) in [5, 5.41) is 4.16. The first-order chi connectivity index (χ1) is 13.5. The number of hydrogen-bond acceptors (Lipinski definition) is 3. The highest BCUT2D eigenvalue weighted by atomic mass is 35.5. The molecule has 0 aliphatic carbocycles. The van der Waals surface area contributed by atoms with Crippen LogP contribution in [0.2, 0.25) is 5.02 Å². The maximum absolute atomic E-state index is 13.4. The van der Waals surface area contributed by atoms with Crippen molar-refractivity contribution in [2.24, 2.45) is 9.98 Å². The van der Waals surface area contributed by atoms with Crippen LogP contribution >= 0.6 is 11.6 Å². The molecule has 4 rings (SSSR count). The second kappa shape index (κ2) is 7.32. The number of nitrogens with one attached hydrogen (secondary N) is 1. The predicted molar refractivity (Wildman–Crippen MR) is 102 cm³/mol. The molecule has 5 nitrogen and oxygen atoms in total. The molecule has 7 heteroatoms. The average molecular weight is 394 g/mol. The van der Waals surface area contributed by atoms with E-state index in [1.807, 2.05) is 0 Å². The van der Waals surface area contributed by atoms with Gasteiger partial charge in [-0.25, -0.2) is 9.38 Å². The molecule has 0 saturated heterocycles. The third-order valence-corrected chi connectivity index (χ3v) is 4.49. The molecule has 1 aliphatic rings. The van der Waals surface area contributed by atoms with Crippen LogP contribution in [0.5, 0.6) is 0 Å². The predicted octanol–water partition coefficient (Wildman–Crippen LogP) is 3.25. The Morgan fingerprint density at radius 1 is 1.00 bits per heavy atom. The molecule has 28 heavy (non-hydrogen) atoms. The summed E-state index contributed by atoms with van der Waals surface area (Å²) >= 11 is 6.08. The number of para-hydroxylation sites is 2. The smallest absolute Gasteiger partial charge is 0.275 e. The van der Waals surface area contributed by atoms with Crippen molar-refractivity contribution >= 4 is 29.1 Å². The molecule has 0 radical (unpaired) electrons. The molecule has 3 aromatic carbocycles. The highest BCUT2D eigenvalue weighted by Gasteiger charge is 2.25. The van der Waals surface area contributed by atoms with Crippen LogP contribution in [0.15, 0.2) is 76.7 Å². The van der Waals surface area contributed by atoms with Gasteiger partial charge in [-0.2, -0.15) is 0 Å². The van der Waals surface area contributed by atoms with E-state index in [0.29, 0.717) is 27.0 Å². The van der Waals surface area contributed by atoms with E-state index in [1.165, 1.54) is 24.3 Å². The minimum atomic E-state index is -0.907. The molecule has 2 amide bonds. The van der Waals surface area contributed by atoms with Gasteiger partial charge in [0.25, 0.3) is 11.8 Å². The van der Waals surface area contributed by atoms with Crippen LogP contribution in [-0.2, 0) is 4.79 Å². The topological polar surface area (TPSA) is 70.9 Å². The van der Waals surface area contributed by atoms with Crippen molar-refractivity contribution in [3.05, 3.63) is 99.4 Å². The Morgan fingerprint density at radius 2 is 1.79 bits per heavy atom. The molecule has 1 unspecified atom stereocenters. The van der Waals surface area contributed by atoms with Crippen molar-refractivity contribution in [2.75, 3.05) is 5.32 Å². The van der Waals surface area contributed by atoms with Crippen LogP contribution in [0.25, 0.3) is 0 Å². The lowest BCUT2D eigenvalue weighted by atomic mass is 10.0. The summed E-state index contributed by atoms with van der Waals surface area (Å²) in [6.45, 7) is 0. The van der Waals surface area contributed by atoms with Gasteiger partial charge in [0.1, 0.15) is 5.82 Å². The molecular formula is C21H13ClFN3O2. The van der Waals surface area contributed by atoms with E-state index in [-0.39, 0.29) is 5.56 Å². The third-order valence-electron chi connectivity index (χ3n) is 4.26. The summed E-state index contributed by atoms with van der Waals surface area (Å²) in [4.78, 5) is 33.6. The van der Waals surface area contributed by atoms with Crippen molar-refractivity contribution in [3.8, 4) is 0 Å². The molecule has 0 spiro atoms. The van der Waals surface area contributed by atoms with Gasteiger partial charge in [-0.3, -0.25) is 14.6 Å². The number of hydrogen-bond donors (Lipinski definition) is 1. The summed E-state index contributed by atoms with van der Waals surface area (Å²) in [6.07, 6.45) is 0. The van der Waals surface area contributed by atoms with Gasteiger partial charge in [0.2, 0.25) is 0 Å². The van der Waals surface area contributed by atoms with E-state index in [0.717, 1.165) is 6.07 Å². The number of rotatable bonds is 3. The lowest BCUT2D eigenvalue weighted by Crippen LogP contribution is -2.33. The number of amides is 2. The normalized spacial score (nSPS) is 15.2. The maximum atomic E-state index is 13.4. The second-order valence-corrected chi connectivity index (χ2v) is 6.60. The first kappa shape index (κ1) is 18.0. The Morgan fingerprint density at radius 3 is 2.57 bits per heavy atom. The molecule has 0 fully saturated rings. The molecule has 0 aromatic heterocycles. The lowest BCUT2D eigenvalue weighted by molar-refractivity contribution is -0.119. The van der Waals surface area contributed by atoms with Gasteiger partial charge in [-0.15, -0.1) is 0 Å². The molecule has 3 aromatic rings. The van der Waals surface area contributed by atoms with E-state index in [1.54, 1.807) is 36.4 Å². The van der Waals surface area contributed by atoms with Crippen molar-refractivity contribution in [1.29, 1.82) is 0 Å². The summed E-state index contributed by atoms with van der Waals surface area (Å²) < 4.78 is 13.4. The lowest BCUT2D eigenvalue weighted by Gasteiger charge is -2.17. The Labute approximate surface area is 164 Å². The van der Waals surface area contributed by atoms with Crippen molar-refractivity contribution < 1.29 is 14.0 Å². The Hall–Kier alpha value is -3.38. The van der Waals surface area contributed by atoms with Crippen LogP contribution < -0.4 is 16.0 Å². The minimum absolute atomic E-state index is 0.146. The molecule has 1 N–H and O–H groups in total. The van der Waals surface area contributed by atoms with Gasteiger partial charge in [-0.1, -0.05) is 35.9 Å². The van der Waals surface area contributed by atoms with Crippen LogP contribution in [0.1, 0.15) is 22.0 Å². The van der Waals surface area contributed by atoms with Crippen molar-refractivity contribution in [1.82, 2.24) is 0 Å². The average Bonchev–Trinajstić information content (AvgIpc) is 2.68. The largest absolute Gasteiger partial charge is 0.322 e. The van der Waals surface area contributed by atoms with Crippen LogP contribution in [0, 0.1) is 5.82 Å². The monoisotopic (exact) mass is 393 g/mol. The van der Waals surface area contributed by atoms with E-state index in [9.17, 15) is 14.0 Å². The fourth-order valence-electron chi connectivity index (χ4n) is 2.94. The first-order valence-corrected chi connectivity index (χ1v) is 8.81. The Bertz CT molecular complexity index is 1230. The molecule has 1 heterocycles. The highest BCUT2D eigenvalue weighted by Crippen LogP contribution is 2.30. The zero-order valence-corrected chi connectivity index (χ0v) is 15.2. The minimum Gasteiger partial charge on any atom is -0.322 e. The third kappa shape index (κ3) is 3.54. The summed E-state index contributed by atoms with van der Waals surface area (Å²) in [5.41, 5.74) is 0.920. The van der Waals surface area contributed by atoms with E-state index >= 15 is 0 Å². The molecular weight excluding hydrogens is 381 g/mol. The molecule has 1 aliphatic heterocycles. The summed E-state index contributed by atoms with van der Waals surface area (Å²) in [7, 11) is 0. The second-order valence-electron chi connectivity index (χ2n) is 6.17. The fourth-order valence-corrected chi connectivity index (χ4v) is 3.12. The Balaban J connectivity index is 1.74. The number of anilines is 1. The number of carbonyl (C=O) groups is 2. The van der Waals surface area contributed by atoms with E-state index < -0.39 is 23.7 Å². The zero-order valence-electron chi connectivity index (χ0n) is 14.4. The molecule has 138 valence electrons. The van der Waals surface area contributed by atoms with Gasteiger partial charge in [0, 0.05) is 21.8 Å². The number of benzene rings is 3. The summed E-state index contributed by atoms with van der Waals surface area (Å²) in [5.74, 6) is -1.49. The van der Waals surface area contributed by atoms with Crippen molar-refractivity contribution in [3.63, 3.8) is 0 Å². The quantitative estimate of drug-likeness (QED) is 0.742. The maximum Gasteiger partial charge on any atom is 0.275 e. The highest BCUT2D eigenvalue weighted by molar-refractivity contribution is 6.31. The standard InChI is InChI=1S/C21H13ClFN3O2/c22-13-8-9-15(19-21(28)25-17-7-2-1-6-16(17)24-19)18(11-13)26-20(27)12-4-3-5-14(23)10-12/h1-11,19H,(H,26,27). The number of halogens is 2. The number of fused-ring (bicyclic) bond motifs is 1. The summed E-state index contributed by atoms with van der Waals surface area (Å²) in [6, 6.07) is 16.2. The van der Waals surface area contributed by atoms with Gasteiger partial charge in [0.05, 0.1) is 10.7 Å².